The largest absolute Gasteiger partial charge is 0.457 e. The summed E-state index contributed by atoms with van der Waals surface area (Å²) in [6.45, 7) is 0. The van der Waals surface area contributed by atoms with Crippen molar-refractivity contribution < 1.29 is 9.53 Å². The Labute approximate surface area is 199 Å². The van der Waals surface area contributed by atoms with E-state index in [9.17, 15) is 4.79 Å². The van der Waals surface area contributed by atoms with Crippen molar-refractivity contribution in [2.45, 2.75) is 11.7 Å². The van der Waals surface area contributed by atoms with E-state index in [0.717, 1.165) is 33.7 Å². The molecule has 1 aliphatic rings. The number of aromatic nitrogens is 3. The summed E-state index contributed by atoms with van der Waals surface area (Å²) in [5.41, 5.74) is 9.19. The molecule has 2 aromatic carbocycles. The van der Waals surface area contributed by atoms with Gasteiger partial charge in [-0.2, -0.15) is 0 Å². The minimum atomic E-state index is -0.607. The smallest absolute Gasteiger partial charge is 0.267 e. The number of hydrogen-bond donors (Lipinski definition) is 2. The van der Waals surface area contributed by atoms with Crippen LogP contribution in [-0.2, 0) is 7.05 Å². The fourth-order valence-electron chi connectivity index (χ4n) is 3.68. The molecule has 1 amide bonds. The van der Waals surface area contributed by atoms with Gasteiger partial charge in [-0.15, -0.1) is 11.8 Å². The molecule has 5 rings (SSSR count). The second kappa shape index (κ2) is 8.80. The lowest BCUT2D eigenvalue weighted by molar-refractivity contribution is 0.0995. The van der Waals surface area contributed by atoms with Gasteiger partial charge in [0.1, 0.15) is 17.2 Å². The first-order valence-corrected chi connectivity index (χ1v) is 11.6. The van der Waals surface area contributed by atoms with Crippen molar-refractivity contribution >= 4 is 51.9 Å². The molecule has 1 unspecified atom stereocenters. The predicted molar refractivity (Wildman–Crippen MR) is 132 cm³/mol. The third kappa shape index (κ3) is 4.40. The van der Waals surface area contributed by atoms with Crippen molar-refractivity contribution in [2.75, 3.05) is 5.32 Å². The van der Waals surface area contributed by atoms with Crippen LogP contribution in [0.25, 0.3) is 11.0 Å². The van der Waals surface area contributed by atoms with Gasteiger partial charge in [0.2, 0.25) is 5.95 Å². The van der Waals surface area contributed by atoms with Gasteiger partial charge in [0.25, 0.3) is 5.91 Å². The number of rotatable bonds is 6. The molecule has 0 fully saturated rings. The van der Waals surface area contributed by atoms with E-state index in [1.807, 2.05) is 41.9 Å². The summed E-state index contributed by atoms with van der Waals surface area (Å²) in [6.07, 6.45) is 4.62. The highest BCUT2D eigenvalue weighted by Crippen LogP contribution is 2.42. The maximum absolute atomic E-state index is 11.4. The number of nitrogens with two attached hydrogens (primary N) is 1. The molecule has 0 saturated carbocycles. The minimum Gasteiger partial charge on any atom is -0.457 e. The van der Waals surface area contributed by atoms with Gasteiger partial charge in [-0.05, 0) is 53.8 Å². The predicted octanol–water partition coefficient (Wildman–Crippen LogP) is 5.95. The van der Waals surface area contributed by atoms with Crippen LogP contribution in [0.3, 0.4) is 0 Å². The third-order valence-corrected chi connectivity index (χ3v) is 6.83. The average Bonchev–Trinajstić information content (AvgIpc) is 3.44. The number of nitrogens with one attached hydrogen (secondary N) is 1. The van der Waals surface area contributed by atoms with Gasteiger partial charge in [-0.1, -0.05) is 17.7 Å². The number of anilines is 2. The molecule has 1 aliphatic heterocycles. The lowest BCUT2D eigenvalue weighted by atomic mass is 10.1. The van der Waals surface area contributed by atoms with E-state index in [2.05, 4.69) is 27.9 Å². The number of ether oxygens (including phenoxy) is 1. The summed E-state index contributed by atoms with van der Waals surface area (Å²) in [7, 11) is 1.95. The summed E-state index contributed by atoms with van der Waals surface area (Å²) in [5.74, 6) is 1.16. The van der Waals surface area contributed by atoms with E-state index in [0.29, 0.717) is 22.7 Å². The minimum absolute atomic E-state index is 0.145. The number of primary amides is 1. The normalized spacial score (nSPS) is 15.2. The number of carbonyl (C=O) groups excluding carboxylic acids is 1. The number of thioether (sulfide) groups is 1. The van der Waals surface area contributed by atoms with Crippen molar-refractivity contribution in [1.29, 1.82) is 0 Å². The summed E-state index contributed by atoms with van der Waals surface area (Å²) >= 11 is 8.23. The van der Waals surface area contributed by atoms with Crippen LogP contribution in [-0.4, -0.2) is 20.4 Å². The molecular formula is C24H20ClN5O2S. The molecule has 9 heteroatoms. The van der Waals surface area contributed by atoms with Crippen LogP contribution in [0.4, 0.5) is 11.6 Å². The molecule has 0 bridgehead atoms. The van der Waals surface area contributed by atoms with Crippen molar-refractivity contribution in [3.63, 3.8) is 0 Å². The number of nitrogens with zero attached hydrogens (tertiary/aromatic N) is 3. The Balaban J connectivity index is 1.40. The number of aryl methyl sites for hydroxylation is 1. The van der Waals surface area contributed by atoms with E-state index in [1.165, 1.54) is 12.3 Å². The Bertz CT molecular complexity index is 1390. The Hall–Kier alpha value is -3.49. The number of hydrogen-bond acceptors (Lipinski definition) is 6. The average molecular weight is 478 g/mol. The monoisotopic (exact) mass is 477 g/mol. The summed E-state index contributed by atoms with van der Waals surface area (Å²) in [4.78, 5) is 20.0. The lowest BCUT2D eigenvalue weighted by Crippen LogP contribution is -2.12. The van der Waals surface area contributed by atoms with Gasteiger partial charge >= 0.3 is 0 Å². The maximum atomic E-state index is 11.4. The van der Waals surface area contributed by atoms with Gasteiger partial charge in [-0.3, -0.25) is 9.78 Å². The first-order chi connectivity index (χ1) is 16.0. The summed E-state index contributed by atoms with van der Waals surface area (Å²) < 4.78 is 7.87. The van der Waals surface area contributed by atoms with Gasteiger partial charge in [0, 0.05) is 41.3 Å². The highest BCUT2D eigenvalue weighted by molar-refractivity contribution is 8.02. The molecular weight excluding hydrogens is 458 g/mol. The lowest BCUT2D eigenvalue weighted by Gasteiger charge is -2.14. The Morgan fingerprint density at radius 1 is 1.21 bits per heavy atom. The summed E-state index contributed by atoms with van der Waals surface area (Å²) in [5, 5.41) is 6.63. The van der Waals surface area contributed by atoms with Crippen LogP contribution in [0.15, 0.2) is 66.2 Å². The molecule has 166 valence electrons. The Morgan fingerprint density at radius 2 is 2.06 bits per heavy atom. The molecule has 0 aliphatic carbocycles. The first-order valence-electron chi connectivity index (χ1n) is 10.2. The van der Waals surface area contributed by atoms with Crippen molar-refractivity contribution in [3.05, 3.63) is 82.5 Å². The van der Waals surface area contributed by atoms with Crippen LogP contribution in [0, 0.1) is 0 Å². The van der Waals surface area contributed by atoms with E-state index < -0.39 is 5.91 Å². The number of benzene rings is 2. The van der Waals surface area contributed by atoms with Gasteiger partial charge < -0.3 is 20.4 Å². The number of halogens is 1. The van der Waals surface area contributed by atoms with E-state index in [1.54, 1.807) is 17.8 Å². The second-order valence-electron chi connectivity index (χ2n) is 7.58. The number of fused-ring (bicyclic) bond motifs is 1. The Kier molecular flexibility index (Phi) is 5.70. The Morgan fingerprint density at radius 3 is 2.85 bits per heavy atom. The number of carbonyl (C=O) groups is 1. The van der Waals surface area contributed by atoms with Crippen molar-refractivity contribution in [1.82, 2.24) is 14.5 Å². The van der Waals surface area contributed by atoms with Gasteiger partial charge in [0.15, 0.2) is 0 Å². The molecule has 0 radical (unpaired) electrons. The number of pyridine rings is 1. The molecule has 0 spiro atoms. The van der Waals surface area contributed by atoms with E-state index in [-0.39, 0.29) is 5.69 Å². The summed E-state index contributed by atoms with van der Waals surface area (Å²) in [6, 6.07) is 14.8. The molecule has 0 saturated heterocycles. The molecule has 2 aromatic heterocycles. The number of amides is 1. The molecule has 1 atom stereocenters. The highest BCUT2D eigenvalue weighted by atomic mass is 35.5. The molecule has 4 aromatic rings. The van der Waals surface area contributed by atoms with Crippen LogP contribution in [0.2, 0.25) is 5.02 Å². The van der Waals surface area contributed by atoms with E-state index >= 15 is 0 Å². The van der Waals surface area contributed by atoms with Crippen molar-refractivity contribution in [2.24, 2.45) is 12.8 Å². The topological polar surface area (TPSA) is 95.1 Å². The zero-order chi connectivity index (χ0) is 22.9. The van der Waals surface area contributed by atoms with Crippen LogP contribution < -0.4 is 15.8 Å². The first kappa shape index (κ1) is 21.4. The zero-order valence-electron chi connectivity index (χ0n) is 17.7. The van der Waals surface area contributed by atoms with E-state index in [4.69, 9.17) is 27.1 Å². The van der Waals surface area contributed by atoms with Crippen LogP contribution in [0.1, 0.15) is 27.7 Å². The highest BCUT2D eigenvalue weighted by Gasteiger charge is 2.18. The SMILES string of the molecule is Cn1c(Nc2ccc(Cl)c(C3CC=CS3)c2)nc2cc(Oc3ccnc(C(N)=O)c3)ccc21. The fourth-order valence-corrected chi connectivity index (χ4v) is 4.97. The standard InChI is InChI=1S/C24H20ClN5O2S/c1-30-21-7-5-15(32-16-8-9-27-20(13-16)23(26)31)12-19(21)29-24(30)28-14-4-6-18(25)17(11-14)22-3-2-10-33-22/h2,4-13,22H,3H2,1H3,(H2,26,31)(H,28,29). The number of allylic oxidation sites excluding steroid dienone is 1. The van der Waals surface area contributed by atoms with Gasteiger partial charge in [0.05, 0.1) is 11.0 Å². The second-order valence-corrected chi connectivity index (χ2v) is 9.10. The quantitative estimate of drug-likeness (QED) is 0.356. The van der Waals surface area contributed by atoms with Crippen LogP contribution >= 0.6 is 23.4 Å². The van der Waals surface area contributed by atoms with Crippen molar-refractivity contribution in [3.8, 4) is 11.5 Å². The van der Waals surface area contributed by atoms with Crippen LogP contribution in [0.5, 0.6) is 11.5 Å². The third-order valence-electron chi connectivity index (χ3n) is 5.36. The molecule has 3 N–H and O–H groups in total. The number of imidazole rings is 1. The molecule has 33 heavy (non-hydrogen) atoms. The molecule has 7 nitrogen and oxygen atoms in total. The maximum Gasteiger partial charge on any atom is 0.267 e. The zero-order valence-corrected chi connectivity index (χ0v) is 19.2. The van der Waals surface area contributed by atoms with Gasteiger partial charge in [-0.25, -0.2) is 4.98 Å². The fraction of sp³-hybridized carbons (Fsp3) is 0.125. The molecule has 3 heterocycles.